The number of sulfonamides is 1. The van der Waals surface area contributed by atoms with E-state index in [-0.39, 0.29) is 0 Å². The Labute approximate surface area is 135 Å². The van der Waals surface area contributed by atoms with Crippen molar-refractivity contribution >= 4 is 10.0 Å². The van der Waals surface area contributed by atoms with E-state index in [2.05, 4.69) is 11.8 Å². The fraction of sp³-hybridized carbons (Fsp3) is 0.600. The smallest absolute Gasteiger partial charge is 0.246 e. The van der Waals surface area contributed by atoms with Crippen molar-refractivity contribution in [1.82, 2.24) is 9.21 Å². The summed E-state index contributed by atoms with van der Waals surface area (Å²) in [4.78, 5) is 1.69. The molecule has 0 aromatic heterocycles. The van der Waals surface area contributed by atoms with Gasteiger partial charge in [-0.05, 0) is 18.1 Å². The van der Waals surface area contributed by atoms with E-state index in [1.165, 1.54) is 4.31 Å². The second kappa shape index (κ2) is 7.65. The molecule has 0 unspecified atom stereocenters. The molecule has 1 aromatic rings. The maximum atomic E-state index is 13.8. The summed E-state index contributed by atoms with van der Waals surface area (Å²) >= 11 is 0. The van der Waals surface area contributed by atoms with Gasteiger partial charge in [-0.25, -0.2) is 17.2 Å². The number of halogens is 2. The van der Waals surface area contributed by atoms with E-state index in [0.717, 1.165) is 18.7 Å². The summed E-state index contributed by atoms with van der Waals surface area (Å²) in [6, 6.07) is 2.53. The molecule has 8 heteroatoms. The zero-order chi connectivity index (χ0) is 17.0. The molecule has 0 saturated carbocycles. The third-order valence-corrected chi connectivity index (χ3v) is 5.80. The lowest BCUT2D eigenvalue weighted by Gasteiger charge is -2.35. The summed E-state index contributed by atoms with van der Waals surface area (Å²) in [7, 11) is -2.28. The third kappa shape index (κ3) is 4.47. The zero-order valence-electron chi connectivity index (χ0n) is 13.3. The minimum Gasteiger partial charge on any atom is -0.384 e. The van der Waals surface area contributed by atoms with Crippen LogP contribution in [0.3, 0.4) is 0 Å². The van der Waals surface area contributed by atoms with Gasteiger partial charge in [-0.3, -0.25) is 0 Å². The van der Waals surface area contributed by atoms with Gasteiger partial charge in [-0.15, -0.1) is 0 Å². The van der Waals surface area contributed by atoms with E-state index in [1.807, 2.05) is 0 Å². The lowest BCUT2D eigenvalue weighted by Crippen LogP contribution is -2.49. The van der Waals surface area contributed by atoms with Gasteiger partial charge in [0.2, 0.25) is 10.0 Å². The van der Waals surface area contributed by atoms with Gasteiger partial charge >= 0.3 is 0 Å². The molecule has 1 aliphatic heterocycles. The molecular weight excluding hydrogens is 326 g/mol. The van der Waals surface area contributed by atoms with Crippen LogP contribution in [0.5, 0.6) is 0 Å². The number of nitrogens with zero attached hydrogens (tertiary/aromatic N) is 2. The predicted octanol–water partition coefficient (Wildman–Crippen LogP) is 1.55. The summed E-state index contributed by atoms with van der Waals surface area (Å²) < 4.78 is 58.0. The van der Waals surface area contributed by atoms with E-state index in [9.17, 15) is 17.2 Å². The first-order valence-electron chi connectivity index (χ1n) is 7.51. The fourth-order valence-corrected chi connectivity index (χ4v) is 4.22. The molecule has 0 N–H and O–H groups in total. The van der Waals surface area contributed by atoms with Crippen molar-refractivity contribution < 1.29 is 21.9 Å². The Kier molecular flexibility index (Phi) is 6.07. The Morgan fingerprint density at radius 2 is 1.87 bits per heavy atom. The van der Waals surface area contributed by atoms with Crippen LogP contribution in [0.4, 0.5) is 8.78 Å². The van der Waals surface area contributed by atoms with Gasteiger partial charge in [0, 0.05) is 52.5 Å². The van der Waals surface area contributed by atoms with Crippen molar-refractivity contribution in [3.63, 3.8) is 0 Å². The molecule has 1 aliphatic rings. The highest BCUT2D eigenvalue weighted by molar-refractivity contribution is 7.89. The van der Waals surface area contributed by atoms with Crippen molar-refractivity contribution in [3.05, 3.63) is 29.8 Å². The standard InChI is InChI=1S/C15H22F2N2O3S/c1-12(11-22-2)10-18-5-7-19(8-6-18)23(20,21)15-4-3-13(16)9-14(15)17/h3-4,9,12H,5-8,10-11H2,1-2H3/t12-/m0/s1. The van der Waals surface area contributed by atoms with Crippen LogP contribution in [-0.2, 0) is 14.8 Å². The van der Waals surface area contributed by atoms with Gasteiger partial charge in [0.05, 0.1) is 0 Å². The number of hydrogen-bond donors (Lipinski definition) is 0. The second-order valence-electron chi connectivity index (χ2n) is 5.84. The van der Waals surface area contributed by atoms with E-state index < -0.39 is 26.6 Å². The summed E-state index contributed by atoms with van der Waals surface area (Å²) in [6.45, 7) is 5.29. The summed E-state index contributed by atoms with van der Waals surface area (Å²) in [5.41, 5.74) is 0. The lowest BCUT2D eigenvalue weighted by atomic mass is 10.2. The van der Waals surface area contributed by atoms with Crippen LogP contribution in [0.1, 0.15) is 6.92 Å². The Bertz CT molecular complexity index is 632. The van der Waals surface area contributed by atoms with Crippen molar-refractivity contribution in [2.45, 2.75) is 11.8 Å². The number of piperazine rings is 1. The number of rotatable bonds is 6. The van der Waals surface area contributed by atoms with Gasteiger partial charge in [0.15, 0.2) is 0 Å². The quantitative estimate of drug-likeness (QED) is 0.783. The highest BCUT2D eigenvalue weighted by Gasteiger charge is 2.31. The molecule has 0 amide bonds. The van der Waals surface area contributed by atoms with Crippen molar-refractivity contribution in [2.24, 2.45) is 5.92 Å². The van der Waals surface area contributed by atoms with E-state index >= 15 is 0 Å². The minimum atomic E-state index is -3.93. The predicted molar refractivity (Wildman–Crippen MR) is 82.6 cm³/mol. The first-order valence-corrected chi connectivity index (χ1v) is 8.95. The van der Waals surface area contributed by atoms with E-state index in [0.29, 0.717) is 44.8 Å². The van der Waals surface area contributed by atoms with Crippen LogP contribution < -0.4 is 0 Å². The molecule has 1 saturated heterocycles. The van der Waals surface area contributed by atoms with Crippen LogP contribution in [0.15, 0.2) is 23.1 Å². The average Bonchev–Trinajstić information content (AvgIpc) is 2.47. The summed E-state index contributed by atoms with van der Waals surface area (Å²) in [6.07, 6.45) is 0. The maximum Gasteiger partial charge on any atom is 0.246 e. The molecule has 1 aromatic carbocycles. The fourth-order valence-electron chi connectivity index (χ4n) is 2.75. The third-order valence-electron chi connectivity index (χ3n) is 3.86. The first-order chi connectivity index (χ1) is 10.8. The van der Waals surface area contributed by atoms with Gasteiger partial charge in [0.25, 0.3) is 0 Å². The number of methoxy groups -OCH3 is 1. The maximum absolute atomic E-state index is 13.8. The van der Waals surface area contributed by atoms with Crippen LogP contribution in [0, 0.1) is 17.6 Å². The molecule has 5 nitrogen and oxygen atoms in total. The molecular formula is C15H22F2N2O3S. The number of hydrogen-bond acceptors (Lipinski definition) is 4. The van der Waals surface area contributed by atoms with Gasteiger partial charge in [-0.2, -0.15) is 4.31 Å². The van der Waals surface area contributed by atoms with Crippen LogP contribution >= 0.6 is 0 Å². The Morgan fingerprint density at radius 1 is 1.22 bits per heavy atom. The lowest BCUT2D eigenvalue weighted by molar-refractivity contribution is 0.112. The van der Waals surface area contributed by atoms with Crippen LogP contribution in [0.2, 0.25) is 0 Å². The summed E-state index contributed by atoms with van der Waals surface area (Å²) in [5.74, 6) is -1.49. The Morgan fingerprint density at radius 3 is 2.43 bits per heavy atom. The Hall–Kier alpha value is -1.09. The molecule has 0 radical (unpaired) electrons. The molecule has 23 heavy (non-hydrogen) atoms. The zero-order valence-corrected chi connectivity index (χ0v) is 14.2. The van der Waals surface area contributed by atoms with Gasteiger partial charge in [0.1, 0.15) is 16.5 Å². The second-order valence-corrected chi connectivity index (χ2v) is 7.75. The average molecular weight is 348 g/mol. The first kappa shape index (κ1) is 18.3. The molecule has 0 bridgehead atoms. The highest BCUT2D eigenvalue weighted by Crippen LogP contribution is 2.21. The van der Waals surface area contributed by atoms with Crippen molar-refractivity contribution in [1.29, 1.82) is 0 Å². The summed E-state index contributed by atoms with van der Waals surface area (Å²) in [5, 5.41) is 0. The largest absolute Gasteiger partial charge is 0.384 e. The SMILES string of the molecule is COC[C@@H](C)CN1CCN(S(=O)(=O)c2ccc(F)cc2F)CC1. The monoisotopic (exact) mass is 348 g/mol. The Balaban J connectivity index is 2.01. The normalized spacial score (nSPS) is 19.0. The van der Waals surface area contributed by atoms with Crippen molar-refractivity contribution in [2.75, 3.05) is 46.4 Å². The molecule has 1 fully saturated rings. The molecule has 2 rings (SSSR count). The van der Waals surface area contributed by atoms with Crippen LogP contribution in [0.25, 0.3) is 0 Å². The minimum absolute atomic E-state index is 0.291. The number of ether oxygens (including phenoxy) is 1. The van der Waals surface area contributed by atoms with Gasteiger partial charge in [-0.1, -0.05) is 6.92 Å². The number of benzene rings is 1. The molecule has 1 heterocycles. The van der Waals surface area contributed by atoms with Crippen LogP contribution in [-0.4, -0.2) is 64.1 Å². The van der Waals surface area contributed by atoms with Crippen molar-refractivity contribution in [3.8, 4) is 0 Å². The van der Waals surface area contributed by atoms with E-state index in [4.69, 9.17) is 4.74 Å². The molecule has 130 valence electrons. The molecule has 1 atom stereocenters. The highest BCUT2D eigenvalue weighted by atomic mass is 32.2. The topological polar surface area (TPSA) is 49.9 Å². The van der Waals surface area contributed by atoms with E-state index in [1.54, 1.807) is 7.11 Å². The molecule has 0 aliphatic carbocycles. The van der Waals surface area contributed by atoms with Gasteiger partial charge < -0.3 is 9.64 Å². The molecule has 0 spiro atoms.